The Hall–Kier alpha value is -0.890. The predicted molar refractivity (Wildman–Crippen MR) is 74.9 cm³/mol. The van der Waals surface area contributed by atoms with E-state index in [0.29, 0.717) is 43.7 Å². The van der Waals surface area contributed by atoms with Crippen LogP contribution in [0.4, 0.5) is 0 Å². The lowest BCUT2D eigenvalue weighted by Gasteiger charge is -2.21. The molecular formula is C13H22N2O4S. The summed E-state index contributed by atoms with van der Waals surface area (Å²) < 4.78 is 38.0. The number of hydrogen-bond acceptors (Lipinski definition) is 5. The van der Waals surface area contributed by atoms with Gasteiger partial charge in [0.25, 0.3) is 0 Å². The van der Waals surface area contributed by atoms with Crippen LogP contribution in [-0.2, 0) is 21.3 Å². The Labute approximate surface area is 119 Å². The van der Waals surface area contributed by atoms with E-state index in [2.05, 4.69) is 10.0 Å². The summed E-state index contributed by atoms with van der Waals surface area (Å²) in [7, 11) is -1.71. The summed E-state index contributed by atoms with van der Waals surface area (Å²) >= 11 is 0. The number of hydrogen-bond donors (Lipinski definition) is 2. The van der Waals surface area contributed by atoms with Crippen molar-refractivity contribution in [3.8, 4) is 0 Å². The Morgan fingerprint density at radius 1 is 1.35 bits per heavy atom. The van der Waals surface area contributed by atoms with Crippen LogP contribution in [0.1, 0.15) is 24.4 Å². The molecule has 1 aliphatic heterocycles. The maximum absolute atomic E-state index is 12.3. The number of aryl methyl sites for hydroxylation is 1. The van der Waals surface area contributed by atoms with Gasteiger partial charge in [-0.2, -0.15) is 0 Å². The van der Waals surface area contributed by atoms with Crippen molar-refractivity contribution >= 4 is 10.0 Å². The maximum Gasteiger partial charge on any atom is 0.244 e. The minimum absolute atomic E-state index is 0.231. The SMILES string of the molecule is CNCc1cc(S(=O)(=O)NCC2CCOCC2)c(C)o1. The zero-order chi connectivity index (χ0) is 14.6. The monoisotopic (exact) mass is 302 g/mol. The Balaban J connectivity index is 2.01. The van der Waals surface area contributed by atoms with Crippen molar-refractivity contribution in [2.24, 2.45) is 5.92 Å². The van der Waals surface area contributed by atoms with E-state index in [-0.39, 0.29) is 4.90 Å². The highest BCUT2D eigenvalue weighted by molar-refractivity contribution is 7.89. The third-order valence-corrected chi connectivity index (χ3v) is 5.00. The summed E-state index contributed by atoms with van der Waals surface area (Å²) in [5.41, 5.74) is 0. The van der Waals surface area contributed by atoms with Gasteiger partial charge in [-0.15, -0.1) is 0 Å². The fraction of sp³-hybridized carbons (Fsp3) is 0.692. The van der Waals surface area contributed by atoms with Gasteiger partial charge >= 0.3 is 0 Å². The highest BCUT2D eigenvalue weighted by Gasteiger charge is 2.23. The molecule has 0 amide bonds. The van der Waals surface area contributed by atoms with Gasteiger partial charge in [-0.05, 0) is 32.7 Å². The molecule has 0 bridgehead atoms. The van der Waals surface area contributed by atoms with E-state index < -0.39 is 10.0 Å². The molecule has 2 rings (SSSR count). The first kappa shape index (κ1) is 15.5. The average Bonchev–Trinajstić information content (AvgIpc) is 2.80. The normalized spacial score (nSPS) is 17.5. The molecule has 1 saturated heterocycles. The van der Waals surface area contributed by atoms with Crippen LogP contribution in [0.5, 0.6) is 0 Å². The molecule has 1 aromatic heterocycles. The lowest BCUT2D eigenvalue weighted by molar-refractivity contribution is 0.0678. The maximum atomic E-state index is 12.3. The molecule has 0 spiro atoms. The zero-order valence-corrected chi connectivity index (χ0v) is 12.8. The van der Waals surface area contributed by atoms with E-state index in [1.54, 1.807) is 20.0 Å². The van der Waals surface area contributed by atoms with Gasteiger partial charge < -0.3 is 14.5 Å². The van der Waals surface area contributed by atoms with E-state index in [4.69, 9.17) is 9.15 Å². The first-order chi connectivity index (χ1) is 9.53. The molecule has 20 heavy (non-hydrogen) atoms. The molecule has 6 nitrogen and oxygen atoms in total. The molecule has 114 valence electrons. The highest BCUT2D eigenvalue weighted by atomic mass is 32.2. The van der Waals surface area contributed by atoms with E-state index in [1.807, 2.05) is 0 Å². The van der Waals surface area contributed by atoms with Gasteiger partial charge in [0.2, 0.25) is 10.0 Å². The van der Waals surface area contributed by atoms with Crippen molar-refractivity contribution in [2.45, 2.75) is 31.2 Å². The third-order valence-electron chi connectivity index (χ3n) is 3.47. The van der Waals surface area contributed by atoms with E-state index in [9.17, 15) is 8.42 Å². The summed E-state index contributed by atoms with van der Waals surface area (Å²) in [5, 5.41) is 2.94. The van der Waals surface area contributed by atoms with E-state index in [0.717, 1.165) is 12.8 Å². The molecule has 1 fully saturated rings. The second kappa shape index (κ2) is 6.71. The van der Waals surface area contributed by atoms with Crippen LogP contribution >= 0.6 is 0 Å². The van der Waals surface area contributed by atoms with E-state index >= 15 is 0 Å². The van der Waals surface area contributed by atoms with Crippen molar-refractivity contribution in [3.05, 3.63) is 17.6 Å². The molecule has 0 radical (unpaired) electrons. The fourth-order valence-corrected chi connectivity index (χ4v) is 3.63. The van der Waals surface area contributed by atoms with Gasteiger partial charge in [0.1, 0.15) is 16.4 Å². The van der Waals surface area contributed by atoms with Crippen LogP contribution in [0, 0.1) is 12.8 Å². The van der Waals surface area contributed by atoms with Crippen LogP contribution < -0.4 is 10.0 Å². The molecule has 0 unspecified atom stereocenters. The average molecular weight is 302 g/mol. The number of ether oxygens (including phenoxy) is 1. The smallest absolute Gasteiger partial charge is 0.244 e. The summed E-state index contributed by atoms with van der Waals surface area (Å²) in [6, 6.07) is 1.58. The Kier molecular flexibility index (Phi) is 5.20. The molecule has 2 heterocycles. The number of rotatable bonds is 6. The van der Waals surface area contributed by atoms with Crippen molar-refractivity contribution in [3.63, 3.8) is 0 Å². The van der Waals surface area contributed by atoms with Crippen molar-refractivity contribution in [2.75, 3.05) is 26.8 Å². The van der Waals surface area contributed by atoms with Crippen LogP contribution in [0.3, 0.4) is 0 Å². The topological polar surface area (TPSA) is 80.6 Å². The van der Waals surface area contributed by atoms with Crippen molar-refractivity contribution in [1.82, 2.24) is 10.0 Å². The summed E-state index contributed by atoms with van der Waals surface area (Å²) in [4.78, 5) is 0.231. The lowest BCUT2D eigenvalue weighted by atomic mass is 10.0. The highest BCUT2D eigenvalue weighted by Crippen LogP contribution is 2.21. The van der Waals surface area contributed by atoms with Crippen LogP contribution in [-0.4, -0.2) is 35.2 Å². The molecule has 0 aliphatic carbocycles. The van der Waals surface area contributed by atoms with Crippen molar-refractivity contribution < 1.29 is 17.6 Å². The minimum Gasteiger partial charge on any atom is -0.464 e. The molecule has 0 atom stereocenters. The quantitative estimate of drug-likeness (QED) is 0.820. The number of sulfonamides is 1. The molecule has 1 aliphatic rings. The molecule has 0 aromatic carbocycles. The van der Waals surface area contributed by atoms with Gasteiger partial charge in [-0.3, -0.25) is 0 Å². The molecule has 1 aromatic rings. The van der Waals surface area contributed by atoms with Crippen LogP contribution in [0.15, 0.2) is 15.4 Å². The standard InChI is InChI=1S/C13H22N2O4S/c1-10-13(7-12(19-10)9-14-2)20(16,17)15-8-11-3-5-18-6-4-11/h7,11,14-15H,3-6,8-9H2,1-2H3. The Morgan fingerprint density at radius 3 is 2.70 bits per heavy atom. The van der Waals surface area contributed by atoms with Crippen LogP contribution in [0.2, 0.25) is 0 Å². The summed E-state index contributed by atoms with van der Waals surface area (Å²) in [6.45, 7) is 4.06. The lowest BCUT2D eigenvalue weighted by Crippen LogP contribution is -2.32. The minimum atomic E-state index is -3.50. The first-order valence-electron chi connectivity index (χ1n) is 6.84. The van der Waals surface area contributed by atoms with Gasteiger partial charge in [0, 0.05) is 25.8 Å². The van der Waals surface area contributed by atoms with Gasteiger partial charge in [0.15, 0.2) is 0 Å². The molecule has 7 heteroatoms. The second-order valence-corrected chi connectivity index (χ2v) is 6.81. The number of furan rings is 1. The van der Waals surface area contributed by atoms with Crippen molar-refractivity contribution in [1.29, 1.82) is 0 Å². The molecular weight excluding hydrogens is 280 g/mol. The number of nitrogens with one attached hydrogen (secondary N) is 2. The zero-order valence-electron chi connectivity index (χ0n) is 11.9. The van der Waals surface area contributed by atoms with Crippen LogP contribution in [0.25, 0.3) is 0 Å². The summed E-state index contributed by atoms with van der Waals surface area (Å²) in [5.74, 6) is 1.40. The largest absolute Gasteiger partial charge is 0.464 e. The first-order valence-corrected chi connectivity index (χ1v) is 8.32. The predicted octanol–water partition coefficient (Wildman–Crippen LogP) is 1.01. The van der Waals surface area contributed by atoms with Gasteiger partial charge in [0.05, 0.1) is 6.54 Å². The second-order valence-electron chi connectivity index (χ2n) is 5.07. The molecule has 2 N–H and O–H groups in total. The fourth-order valence-electron chi connectivity index (χ4n) is 2.31. The van der Waals surface area contributed by atoms with Gasteiger partial charge in [-0.25, -0.2) is 13.1 Å². The van der Waals surface area contributed by atoms with Gasteiger partial charge in [-0.1, -0.05) is 0 Å². The summed E-state index contributed by atoms with van der Waals surface area (Å²) in [6.07, 6.45) is 1.80. The Bertz CT molecular complexity index is 533. The molecule has 0 saturated carbocycles. The van der Waals surface area contributed by atoms with E-state index in [1.165, 1.54) is 0 Å². The third kappa shape index (κ3) is 3.82. The Morgan fingerprint density at radius 2 is 2.05 bits per heavy atom.